The minimum absolute atomic E-state index is 0.192. The maximum Gasteiger partial charge on any atom is 0.416 e. The van der Waals surface area contributed by atoms with Crippen molar-refractivity contribution in [3.05, 3.63) is 35.4 Å². The Hall–Kier alpha value is -0.330. The molecule has 1 saturated heterocycles. The lowest BCUT2D eigenvalue weighted by atomic mass is 9.97. The Morgan fingerprint density at radius 1 is 1.30 bits per heavy atom. The molecule has 112 valence electrons. The summed E-state index contributed by atoms with van der Waals surface area (Å²) >= 11 is 3.60. The summed E-state index contributed by atoms with van der Waals surface area (Å²) in [4.78, 5) is 0. The third-order valence-corrected chi connectivity index (χ3v) is 6.10. The molecule has 6 heteroatoms. The molecule has 1 N–H and O–H groups in total. The van der Waals surface area contributed by atoms with Gasteiger partial charge in [-0.1, -0.05) is 25.1 Å². The molecule has 2 unspecified atom stereocenters. The Labute approximate surface area is 126 Å². The molecule has 1 aliphatic rings. The van der Waals surface area contributed by atoms with E-state index in [0.29, 0.717) is 12.1 Å². The first kappa shape index (κ1) is 16.0. The van der Waals surface area contributed by atoms with E-state index in [4.69, 9.17) is 0 Å². The number of halogens is 3. The van der Waals surface area contributed by atoms with Crippen LogP contribution in [0.3, 0.4) is 0 Å². The van der Waals surface area contributed by atoms with Gasteiger partial charge in [-0.2, -0.15) is 36.7 Å². The van der Waals surface area contributed by atoms with Crippen LogP contribution < -0.4 is 5.32 Å². The molecule has 1 nitrogen and oxygen atoms in total. The summed E-state index contributed by atoms with van der Waals surface area (Å²) in [5, 5.41) is 3.44. The van der Waals surface area contributed by atoms with Gasteiger partial charge in [0.05, 0.1) is 5.56 Å². The largest absolute Gasteiger partial charge is 0.416 e. The van der Waals surface area contributed by atoms with Crippen molar-refractivity contribution < 1.29 is 13.2 Å². The molecule has 0 spiro atoms. The molecule has 1 aliphatic heterocycles. The van der Waals surface area contributed by atoms with Gasteiger partial charge in [0.25, 0.3) is 0 Å². The van der Waals surface area contributed by atoms with Gasteiger partial charge in [0, 0.05) is 28.6 Å². The molecule has 1 aromatic rings. The minimum atomic E-state index is -4.29. The van der Waals surface area contributed by atoms with Crippen LogP contribution in [-0.4, -0.2) is 29.1 Å². The van der Waals surface area contributed by atoms with Crippen molar-refractivity contribution in [2.24, 2.45) is 0 Å². The smallest absolute Gasteiger partial charge is 0.309 e. The van der Waals surface area contributed by atoms with E-state index >= 15 is 0 Å². The quantitative estimate of drug-likeness (QED) is 0.892. The van der Waals surface area contributed by atoms with Crippen LogP contribution in [-0.2, 0) is 6.18 Å². The van der Waals surface area contributed by atoms with Gasteiger partial charge in [-0.15, -0.1) is 0 Å². The molecule has 0 amide bonds. The van der Waals surface area contributed by atoms with Crippen molar-refractivity contribution in [2.45, 2.75) is 24.4 Å². The summed E-state index contributed by atoms with van der Waals surface area (Å²) in [6.45, 7) is 2.60. The van der Waals surface area contributed by atoms with Crippen molar-refractivity contribution in [3.8, 4) is 0 Å². The SMILES string of the molecule is CCNC(c1ccccc1C(F)(F)F)C1CSCCS1. The van der Waals surface area contributed by atoms with E-state index in [-0.39, 0.29) is 11.3 Å². The molecule has 0 bridgehead atoms. The van der Waals surface area contributed by atoms with Crippen LogP contribution in [0.15, 0.2) is 24.3 Å². The number of hydrogen-bond donors (Lipinski definition) is 1. The van der Waals surface area contributed by atoms with E-state index in [1.807, 2.05) is 18.7 Å². The van der Waals surface area contributed by atoms with Crippen molar-refractivity contribution in [3.63, 3.8) is 0 Å². The average Bonchev–Trinajstić information content (AvgIpc) is 2.45. The monoisotopic (exact) mass is 321 g/mol. The third kappa shape index (κ3) is 3.86. The molecule has 1 heterocycles. The second-order valence-corrected chi connectivity index (χ2v) is 7.10. The Balaban J connectivity index is 2.33. The van der Waals surface area contributed by atoms with E-state index in [1.165, 1.54) is 12.1 Å². The molecule has 0 aromatic heterocycles. The third-order valence-electron chi connectivity index (χ3n) is 3.24. The molecular weight excluding hydrogens is 303 g/mol. The molecule has 20 heavy (non-hydrogen) atoms. The predicted molar refractivity (Wildman–Crippen MR) is 81.4 cm³/mol. The van der Waals surface area contributed by atoms with Gasteiger partial charge in [-0.3, -0.25) is 0 Å². The van der Waals surface area contributed by atoms with E-state index in [1.54, 1.807) is 23.9 Å². The summed E-state index contributed by atoms with van der Waals surface area (Å²) in [5.74, 6) is 2.99. The molecule has 1 aromatic carbocycles. The molecule has 0 saturated carbocycles. The zero-order chi connectivity index (χ0) is 14.6. The van der Waals surface area contributed by atoms with Gasteiger partial charge in [-0.25, -0.2) is 0 Å². The van der Waals surface area contributed by atoms with Gasteiger partial charge < -0.3 is 5.32 Å². The van der Waals surface area contributed by atoms with Crippen LogP contribution in [0.1, 0.15) is 24.1 Å². The molecular formula is C14H18F3NS2. The molecule has 1 fully saturated rings. The molecule has 0 aliphatic carbocycles. The van der Waals surface area contributed by atoms with Gasteiger partial charge in [0.1, 0.15) is 0 Å². The summed E-state index contributed by atoms with van der Waals surface area (Å²) in [6, 6.07) is 5.69. The highest BCUT2D eigenvalue weighted by atomic mass is 32.2. The van der Waals surface area contributed by atoms with Crippen LogP contribution in [0, 0.1) is 0 Å². The van der Waals surface area contributed by atoms with Crippen LogP contribution >= 0.6 is 23.5 Å². The Morgan fingerprint density at radius 3 is 2.65 bits per heavy atom. The number of nitrogens with one attached hydrogen (secondary N) is 1. The van der Waals surface area contributed by atoms with Crippen molar-refractivity contribution >= 4 is 23.5 Å². The van der Waals surface area contributed by atoms with E-state index in [0.717, 1.165) is 17.3 Å². The first-order valence-electron chi connectivity index (χ1n) is 6.63. The van der Waals surface area contributed by atoms with E-state index in [9.17, 15) is 13.2 Å². The van der Waals surface area contributed by atoms with Crippen molar-refractivity contribution in [2.75, 3.05) is 23.8 Å². The molecule has 2 rings (SSSR count). The topological polar surface area (TPSA) is 12.0 Å². The highest BCUT2D eigenvalue weighted by molar-refractivity contribution is 8.06. The number of alkyl halides is 3. The lowest BCUT2D eigenvalue weighted by Crippen LogP contribution is -2.35. The zero-order valence-corrected chi connectivity index (χ0v) is 12.9. The zero-order valence-electron chi connectivity index (χ0n) is 11.2. The van der Waals surface area contributed by atoms with Crippen molar-refractivity contribution in [1.29, 1.82) is 0 Å². The van der Waals surface area contributed by atoms with Gasteiger partial charge in [-0.05, 0) is 18.2 Å². The fraction of sp³-hybridized carbons (Fsp3) is 0.571. The Bertz CT molecular complexity index is 431. The first-order valence-corrected chi connectivity index (χ1v) is 8.83. The lowest BCUT2D eigenvalue weighted by Gasteiger charge is -2.32. The summed E-state index contributed by atoms with van der Waals surface area (Å²) in [7, 11) is 0. The molecule has 2 atom stereocenters. The second-order valence-electron chi connectivity index (χ2n) is 4.60. The summed E-state index contributed by atoms with van der Waals surface area (Å²) in [5.41, 5.74) is -0.135. The second kappa shape index (κ2) is 7.09. The van der Waals surface area contributed by atoms with E-state index in [2.05, 4.69) is 5.32 Å². The van der Waals surface area contributed by atoms with Gasteiger partial charge in [0.2, 0.25) is 0 Å². The van der Waals surface area contributed by atoms with Crippen LogP contribution in [0.4, 0.5) is 13.2 Å². The fourth-order valence-corrected chi connectivity index (χ4v) is 5.25. The fourth-order valence-electron chi connectivity index (χ4n) is 2.39. The maximum absolute atomic E-state index is 13.2. The Morgan fingerprint density at radius 2 is 2.05 bits per heavy atom. The van der Waals surface area contributed by atoms with Gasteiger partial charge >= 0.3 is 6.18 Å². The van der Waals surface area contributed by atoms with E-state index < -0.39 is 11.7 Å². The lowest BCUT2D eigenvalue weighted by molar-refractivity contribution is -0.138. The molecule has 0 radical (unpaired) electrons. The minimum Gasteiger partial charge on any atom is -0.309 e. The maximum atomic E-state index is 13.2. The average molecular weight is 321 g/mol. The first-order chi connectivity index (χ1) is 9.54. The standard InChI is InChI=1S/C14H18F3NS2/c1-2-18-13(12-9-19-7-8-20-12)10-5-3-4-6-11(10)14(15,16)17/h3-6,12-13,18H,2,7-9H2,1H3. The predicted octanol–water partition coefficient (Wildman–Crippen LogP) is 4.20. The number of thioether (sulfide) groups is 2. The van der Waals surface area contributed by atoms with Crippen LogP contribution in [0.5, 0.6) is 0 Å². The van der Waals surface area contributed by atoms with Crippen LogP contribution in [0.2, 0.25) is 0 Å². The van der Waals surface area contributed by atoms with Gasteiger partial charge in [0.15, 0.2) is 0 Å². The highest BCUT2D eigenvalue weighted by Crippen LogP contribution is 2.39. The summed E-state index contributed by atoms with van der Waals surface area (Å²) in [6.07, 6.45) is -4.29. The van der Waals surface area contributed by atoms with Crippen molar-refractivity contribution in [1.82, 2.24) is 5.32 Å². The van der Waals surface area contributed by atoms with Crippen LogP contribution in [0.25, 0.3) is 0 Å². The normalized spacial score (nSPS) is 21.7. The summed E-state index contributed by atoms with van der Waals surface area (Å²) < 4.78 is 39.5. The Kier molecular flexibility index (Phi) is 5.69. The highest BCUT2D eigenvalue weighted by Gasteiger charge is 2.37. The number of rotatable bonds is 4. The number of benzene rings is 1. The number of hydrogen-bond acceptors (Lipinski definition) is 3.